The molecule has 1 atom stereocenters. The van der Waals surface area contributed by atoms with E-state index in [1.807, 2.05) is 37.3 Å². The lowest BCUT2D eigenvalue weighted by Crippen LogP contribution is -2.28. The molecule has 0 spiro atoms. The smallest absolute Gasteiger partial charge is 0.227 e. The number of nitrogens with zero attached hydrogens (tertiary/aromatic N) is 1. The van der Waals surface area contributed by atoms with Crippen LogP contribution in [0.15, 0.2) is 65.2 Å². The lowest BCUT2D eigenvalue weighted by Gasteiger charge is -2.14. The van der Waals surface area contributed by atoms with Crippen molar-refractivity contribution in [1.29, 1.82) is 0 Å². The molecular weight excluding hydrogens is 319 g/mol. The van der Waals surface area contributed by atoms with Crippen LogP contribution in [0, 0.1) is 5.82 Å². The van der Waals surface area contributed by atoms with Crippen molar-refractivity contribution < 1.29 is 13.7 Å². The Morgan fingerprint density at radius 1 is 1.16 bits per heavy atom. The zero-order chi connectivity index (χ0) is 17.6. The third-order valence-electron chi connectivity index (χ3n) is 4.06. The van der Waals surface area contributed by atoms with Crippen LogP contribution in [0.5, 0.6) is 0 Å². The minimum Gasteiger partial charge on any atom is -0.356 e. The summed E-state index contributed by atoms with van der Waals surface area (Å²) in [4.78, 5) is 12.5. The summed E-state index contributed by atoms with van der Waals surface area (Å²) < 4.78 is 18.2. The molecule has 0 radical (unpaired) electrons. The lowest BCUT2D eigenvalue weighted by molar-refractivity contribution is -0.122. The van der Waals surface area contributed by atoms with Crippen LogP contribution in [0.2, 0.25) is 0 Å². The van der Waals surface area contributed by atoms with Gasteiger partial charge in [-0.05, 0) is 36.2 Å². The molecule has 3 rings (SSSR count). The van der Waals surface area contributed by atoms with E-state index in [2.05, 4.69) is 10.5 Å². The zero-order valence-corrected chi connectivity index (χ0v) is 13.9. The van der Waals surface area contributed by atoms with Crippen LogP contribution in [0.4, 0.5) is 4.39 Å². The predicted octanol–water partition coefficient (Wildman–Crippen LogP) is 4.29. The molecule has 0 aliphatic carbocycles. The summed E-state index contributed by atoms with van der Waals surface area (Å²) in [6.07, 6.45) is 0.718. The van der Waals surface area contributed by atoms with Crippen LogP contribution in [-0.2, 0) is 11.3 Å². The third kappa shape index (κ3) is 4.12. The molecule has 25 heavy (non-hydrogen) atoms. The summed E-state index contributed by atoms with van der Waals surface area (Å²) >= 11 is 0. The van der Waals surface area contributed by atoms with Crippen molar-refractivity contribution in [3.05, 3.63) is 77.7 Å². The van der Waals surface area contributed by atoms with Gasteiger partial charge in [-0.2, -0.15) is 0 Å². The molecule has 1 amide bonds. The summed E-state index contributed by atoms with van der Waals surface area (Å²) in [6.45, 7) is 2.27. The molecule has 4 nitrogen and oxygen atoms in total. The van der Waals surface area contributed by atoms with Crippen molar-refractivity contribution in [2.45, 2.75) is 25.8 Å². The van der Waals surface area contributed by atoms with E-state index in [1.54, 1.807) is 18.2 Å². The highest BCUT2D eigenvalue weighted by atomic mass is 19.1. The molecule has 1 unspecified atom stereocenters. The first-order valence-corrected chi connectivity index (χ1v) is 8.21. The van der Waals surface area contributed by atoms with Gasteiger partial charge < -0.3 is 9.84 Å². The Labute approximate surface area is 145 Å². The number of nitrogens with one attached hydrogen (secondary N) is 1. The summed E-state index contributed by atoms with van der Waals surface area (Å²) in [6, 6.07) is 17.4. The summed E-state index contributed by atoms with van der Waals surface area (Å²) in [7, 11) is 0. The van der Waals surface area contributed by atoms with E-state index in [0.717, 1.165) is 17.5 Å². The molecule has 128 valence electrons. The Hall–Kier alpha value is -2.95. The van der Waals surface area contributed by atoms with E-state index in [0.29, 0.717) is 11.5 Å². The molecule has 1 N–H and O–H groups in total. The highest BCUT2D eigenvalue weighted by molar-refractivity contribution is 5.83. The molecule has 0 aliphatic rings. The monoisotopic (exact) mass is 338 g/mol. The van der Waals surface area contributed by atoms with Gasteiger partial charge in [-0.15, -0.1) is 0 Å². The van der Waals surface area contributed by atoms with Crippen molar-refractivity contribution in [3.63, 3.8) is 0 Å². The molecule has 0 aliphatic heterocycles. The van der Waals surface area contributed by atoms with E-state index in [9.17, 15) is 9.18 Å². The van der Waals surface area contributed by atoms with Crippen molar-refractivity contribution in [3.8, 4) is 11.3 Å². The van der Waals surface area contributed by atoms with Crippen LogP contribution in [-0.4, -0.2) is 11.1 Å². The van der Waals surface area contributed by atoms with Gasteiger partial charge >= 0.3 is 0 Å². The molecule has 0 fully saturated rings. The summed E-state index contributed by atoms with van der Waals surface area (Å²) in [5, 5.41) is 6.86. The van der Waals surface area contributed by atoms with Gasteiger partial charge in [0, 0.05) is 11.6 Å². The SMILES string of the molecule is CCC(C(=O)NCc1cc(-c2ccc(F)cc2)on1)c1ccccc1. The van der Waals surface area contributed by atoms with E-state index in [1.165, 1.54) is 12.1 Å². The number of carbonyl (C=O) groups is 1. The third-order valence-corrected chi connectivity index (χ3v) is 4.06. The maximum absolute atomic E-state index is 13.0. The first-order chi connectivity index (χ1) is 12.2. The Morgan fingerprint density at radius 3 is 2.56 bits per heavy atom. The second kappa shape index (κ2) is 7.75. The van der Waals surface area contributed by atoms with Gasteiger partial charge in [0.25, 0.3) is 0 Å². The summed E-state index contributed by atoms with van der Waals surface area (Å²) in [5.41, 5.74) is 2.35. The van der Waals surface area contributed by atoms with Gasteiger partial charge in [0.15, 0.2) is 5.76 Å². The van der Waals surface area contributed by atoms with Crippen LogP contribution >= 0.6 is 0 Å². The highest BCUT2D eigenvalue weighted by Crippen LogP contribution is 2.22. The normalized spacial score (nSPS) is 11.9. The van der Waals surface area contributed by atoms with Crippen LogP contribution in [0.1, 0.15) is 30.5 Å². The molecule has 3 aromatic rings. The van der Waals surface area contributed by atoms with Crippen LogP contribution in [0.3, 0.4) is 0 Å². The summed E-state index contributed by atoms with van der Waals surface area (Å²) in [5.74, 6) is 0.00586. The Kier molecular flexibility index (Phi) is 5.23. The maximum atomic E-state index is 13.0. The molecule has 1 aromatic heterocycles. The molecular formula is C20H19FN2O2. The molecule has 0 bridgehead atoms. The maximum Gasteiger partial charge on any atom is 0.227 e. The van der Waals surface area contributed by atoms with Crippen LogP contribution in [0.25, 0.3) is 11.3 Å². The van der Waals surface area contributed by atoms with E-state index >= 15 is 0 Å². The number of hydrogen-bond donors (Lipinski definition) is 1. The van der Waals surface area contributed by atoms with Crippen molar-refractivity contribution in [2.75, 3.05) is 0 Å². The minimum absolute atomic E-state index is 0.0416. The number of amides is 1. The minimum atomic E-state index is -0.303. The topological polar surface area (TPSA) is 55.1 Å². The average Bonchev–Trinajstić information content (AvgIpc) is 3.11. The van der Waals surface area contributed by atoms with E-state index in [4.69, 9.17) is 4.52 Å². The Bertz CT molecular complexity index is 828. The van der Waals surface area contributed by atoms with E-state index < -0.39 is 0 Å². The fourth-order valence-corrected chi connectivity index (χ4v) is 2.70. The standard InChI is InChI=1S/C20H19FN2O2/c1-2-18(14-6-4-3-5-7-14)20(24)22-13-17-12-19(25-23-17)15-8-10-16(21)11-9-15/h3-12,18H,2,13H2,1H3,(H,22,24). The molecule has 0 saturated heterocycles. The average molecular weight is 338 g/mol. The Morgan fingerprint density at radius 2 is 1.88 bits per heavy atom. The Balaban J connectivity index is 1.63. The number of benzene rings is 2. The highest BCUT2D eigenvalue weighted by Gasteiger charge is 2.18. The van der Waals surface area contributed by atoms with Gasteiger partial charge in [-0.25, -0.2) is 4.39 Å². The van der Waals surface area contributed by atoms with Gasteiger partial charge in [-0.1, -0.05) is 42.4 Å². The number of aromatic nitrogens is 1. The fourth-order valence-electron chi connectivity index (χ4n) is 2.70. The predicted molar refractivity (Wildman–Crippen MR) is 93.2 cm³/mol. The first-order valence-electron chi connectivity index (χ1n) is 8.21. The quantitative estimate of drug-likeness (QED) is 0.729. The number of hydrogen-bond acceptors (Lipinski definition) is 3. The van der Waals surface area contributed by atoms with Crippen molar-refractivity contribution >= 4 is 5.91 Å². The van der Waals surface area contributed by atoms with Gasteiger partial charge in [0.1, 0.15) is 11.5 Å². The molecule has 2 aromatic carbocycles. The fraction of sp³-hybridized carbons (Fsp3) is 0.200. The van der Waals surface area contributed by atoms with Crippen molar-refractivity contribution in [1.82, 2.24) is 10.5 Å². The zero-order valence-electron chi connectivity index (χ0n) is 13.9. The molecule has 1 heterocycles. The van der Waals surface area contributed by atoms with Crippen LogP contribution < -0.4 is 5.32 Å². The number of halogens is 1. The van der Waals surface area contributed by atoms with Gasteiger partial charge in [0.2, 0.25) is 5.91 Å². The molecule has 0 saturated carbocycles. The second-order valence-corrected chi connectivity index (χ2v) is 5.78. The van der Waals surface area contributed by atoms with Gasteiger partial charge in [0.05, 0.1) is 12.5 Å². The molecule has 5 heteroatoms. The number of carbonyl (C=O) groups excluding carboxylic acids is 1. The largest absolute Gasteiger partial charge is 0.356 e. The second-order valence-electron chi connectivity index (χ2n) is 5.78. The van der Waals surface area contributed by atoms with Gasteiger partial charge in [-0.3, -0.25) is 4.79 Å². The first kappa shape index (κ1) is 16.9. The van der Waals surface area contributed by atoms with Crippen molar-refractivity contribution in [2.24, 2.45) is 0 Å². The van der Waals surface area contributed by atoms with E-state index in [-0.39, 0.29) is 24.2 Å². The lowest BCUT2D eigenvalue weighted by atomic mass is 9.96. The number of rotatable bonds is 6.